The summed E-state index contributed by atoms with van der Waals surface area (Å²) in [4.78, 5) is 7.95. The van der Waals surface area contributed by atoms with Crippen LogP contribution in [0, 0.1) is 6.92 Å². The van der Waals surface area contributed by atoms with Gasteiger partial charge in [-0.05, 0) is 39.0 Å². The number of rotatable bonds is 8. The van der Waals surface area contributed by atoms with Gasteiger partial charge in [-0.1, -0.05) is 30.3 Å². The Morgan fingerprint density at radius 2 is 2.05 bits per heavy atom. The SMILES string of the molecule is Cc1ncc(CNCCCN(C)Cc2ccccc2)s1. The lowest BCUT2D eigenvalue weighted by molar-refractivity contribution is 0.319. The quantitative estimate of drug-likeness (QED) is 0.757. The molecule has 20 heavy (non-hydrogen) atoms. The van der Waals surface area contributed by atoms with Gasteiger partial charge in [-0.25, -0.2) is 4.98 Å². The van der Waals surface area contributed by atoms with E-state index in [-0.39, 0.29) is 0 Å². The van der Waals surface area contributed by atoms with Gasteiger partial charge in [0.05, 0.1) is 5.01 Å². The van der Waals surface area contributed by atoms with Crippen molar-refractivity contribution in [1.29, 1.82) is 0 Å². The molecule has 2 rings (SSSR count). The average Bonchev–Trinajstić information content (AvgIpc) is 2.85. The van der Waals surface area contributed by atoms with Crippen molar-refractivity contribution in [2.24, 2.45) is 0 Å². The van der Waals surface area contributed by atoms with Crippen LogP contribution in [0.2, 0.25) is 0 Å². The smallest absolute Gasteiger partial charge is 0.0897 e. The lowest BCUT2D eigenvalue weighted by Gasteiger charge is -2.16. The van der Waals surface area contributed by atoms with E-state index in [1.807, 2.05) is 13.1 Å². The zero-order valence-corrected chi connectivity index (χ0v) is 13.1. The second kappa shape index (κ2) is 8.15. The van der Waals surface area contributed by atoms with E-state index in [0.717, 1.165) is 31.2 Å². The highest BCUT2D eigenvalue weighted by atomic mass is 32.1. The molecule has 4 heteroatoms. The van der Waals surface area contributed by atoms with Gasteiger partial charge in [-0.15, -0.1) is 11.3 Å². The van der Waals surface area contributed by atoms with Gasteiger partial charge >= 0.3 is 0 Å². The highest BCUT2D eigenvalue weighted by Gasteiger charge is 2.00. The summed E-state index contributed by atoms with van der Waals surface area (Å²) in [6, 6.07) is 10.6. The largest absolute Gasteiger partial charge is 0.312 e. The van der Waals surface area contributed by atoms with E-state index in [9.17, 15) is 0 Å². The summed E-state index contributed by atoms with van der Waals surface area (Å²) in [5.74, 6) is 0. The number of thiazole rings is 1. The summed E-state index contributed by atoms with van der Waals surface area (Å²) < 4.78 is 0. The molecule has 0 aliphatic heterocycles. The third-order valence-electron chi connectivity index (χ3n) is 3.16. The van der Waals surface area contributed by atoms with E-state index in [1.54, 1.807) is 11.3 Å². The molecular weight excluding hydrogens is 266 g/mol. The molecular formula is C16H23N3S. The van der Waals surface area contributed by atoms with Crippen molar-refractivity contribution in [2.75, 3.05) is 20.1 Å². The zero-order chi connectivity index (χ0) is 14.2. The topological polar surface area (TPSA) is 28.2 Å². The van der Waals surface area contributed by atoms with Crippen LogP contribution in [-0.2, 0) is 13.1 Å². The molecule has 0 amide bonds. The Kier molecular flexibility index (Phi) is 6.18. The maximum atomic E-state index is 4.26. The van der Waals surface area contributed by atoms with Crippen molar-refractivity contribution in [1.82, 2.24) is 15.2 Å². The second-order valence-electron chi connectivity index (χ2n) is 5.10. The summed E-state index contributed by atoms with van der Waals surface area (Å²) in [7, 11) is 2.18. The Morgan fingerprint density at radius 1 is 1.25 bits per heavy atom. The second-order valence-corrected chi connectivity index (χ2v) is 6.42. The van der Waals surface area contributed by atoms with Crippen LogP contribution in [0.1, 0.15) is 21.9 Å². The molecule has 0 atom stereocenters. The van der Waals surface area contributed by atoms with Gasteiger partial charge in [0, 0.05) is 24.2 Å². The van der Waals surface area contributed by atoms with E-state index >= 15 is 0 Å². The first-order valence-electron chi connectivity index (χ1n) is 7.08. The summed E-state index contributed by atoms with van der Waals surface area (Å²) >= 11 is 1.77. The van der Waals surface area contributed by atoms with Gasteiger partial charge in [0.25, 0.3) is 0 Å². The fourth-order valence-electron chi connectivity index (χ4n) is 2.15. The van der Waals surface area contributed by atoms with Gasteiger partial charge in [0.1, 0.15) is 0 Å². The van der Waals surface area contributed by atoms with Crippen molar-refractivity contribution < 1.29 is 0 Å². The molecule has 0 bridgehead atoms. The molecule has 0 saturated heterocycles. The number of hydrogen-bond acceptors (Lipinski definition) is 4. The normalized spacial score (nSPS) is 11.2. The zero-order valence-electron chi connectivity index (χ0n) is 12.3. The van der Waals surface area contributed by atoms with Gasteiger partial charge in [-0.3, -0.25) is 0 Å². The molecule has 0 fully saturated rings. The number of aromatic nitrogens is 1. The number of nitrogens with one attached hydrogen (secondary N) is 1. The highest BCUT2D eigenvalue weighted by Crippen LogP contribution is 2.10. The minimum absolute atomic E-state index is 0.938. The number of aryl methyl sites for hydroxylation is 1. The molecule has 0 aliphatic rings. The first-order valence-corrected chi connectivity index (χ1v) is 7.90. The van der Waals surface area contributed by atoms with E-state index in [2.05, 4.69) is 52.6 Å². The monoisotopic (exact) mass is 289 g/mol. The maximum Gasteiger partial charge on any atom is 0.0897 e. The highest BCUT2D eigenvalue weighted by molar-refractivity contribution is 7.11. The van der Waals surface area contributed by atoms with Gasteiger partial charge in [-0.2, -0.15) is 0 Å². The summed E-state index contributed by atoms with van der Waals surface area (Å²) in [5, 5.41) is 4.62. The van der Waals surface area contributed by atoms with E-state index in [0.29, 0.717) is 0 Å². The lowest BCUT2D eigenvalue weighted by atomic mass is 10.2. The van der Waals surface area contributed by atoms with Crippen LogP contribution in [0.3, 0.4) is 0 Å². The minimum Gasteiger partial charge on any atom is -0.312 e. The predicted octanol–water partition coefficient (Wildman–Crippen LogP) is 3.06. The molecule has 108 valence electrons. The number of benzene rings is 1. The van der Waals surface area contributed by atoms with Crippen molar-refractivity contribution >= 4 is 11.3 Å². The molecule has 0 saturated carbocycles. The van der Waals surface area contributed by atoms with Crippen molar-refractivity contribution in [3.05, 3.63) is 52.0 Å². The van der Waals surface area contributed by atoms with Gasteiger partial charge in [0.2, 0.25) is 0 Å². The van der Waals surface area contributed by atoms with Crippen molar-refractivity contribution in [3.63, 3.8) is 0 Å². The molecule has 3 nitrogen and oxygen atoms in total. The van der Waals surface area contributed by atoms with Crippen molar-refractivity contribution in [3.8, 4) is 0 Å². The lowest BCUT2D eigenvalue weighted by Crippen LogP contribution is -2.23. The van der Waals surface area contributed by atoms with Crippen LogP contribution >= 0.6 is 11.3 Å². The molecule has 0 spiro atoms. The third kappa shape index (κ3) is 5.41. The Bertz CT molecular complexity index is 495. The summed E-state index contributed by atoms with van der Waals surface area (Å²) in [5.41, 5.74) is 1.38. The number of hydrogen-bond donors (Lipinski definition) is 1. The molecule has 1 N–H and O–H groups in total. The fourth-order valence-corrected chi connectivity index (χ4v) is 2.91. The average molecular weight is 289 g/mol. The van der Waals surface area contributed by atoms with Gasteiger partial charge < -0.3 is 10.2 Å². The Morgan fingerprint density at radius 3 is 2.75 bits per heavy atom. The maximum absolute atomic E-state index is 4.26. The van der Waals surface area contributed by atoms with Crippen molar-refractivity contribution in [2.45, 2.75) is 26.4 Å². The molecule has 0 radical (unpaired) electrons. The Labute approximate surface area is 125 Å². The van der Waals surface area contributed by atoms with Crippen LogP contribution in [0.15, 0.2) is 36.5 Å². The summed E-state index contributed by atoms with van der Waals surface area (Å²) in [6.07, 6.45) is 3.13. The van der Waals surface area contributed by atoms with Crippen LogP contribution < -0.4 is 5.32 Å². The molecule has 2 aromatic rings. The molecule has 0 aliphatic carbocycles. The Hall–Kier alpha value is -1.23. The first-order chi connectivity index (χ1) is 9.74. The van der Waals surface area contributed by atoms with E-state index < -0.39 is 0 Å². The number of nitrogens with zero attached hydrogens (tertiary/aromatic N) is 2. The van der Waals surface area contributed by atoms with E-state index in [4.69, 9.17) is 0 Å². The first kappa shape index (κ1) is 15.2. The molecule has 1 aromatic carbocycles. The standard InChI is InChI=1S/C16H23N3S/c1-14-18-12-16(20-14)11-17-9-6-10-19(2)13-15-7-4-3-5-8-15/h3-5,7-8,12,17H,6,9-11,13H2,1-2H3. The Balaban J connectivity index is 1.56. The molecule has 1 aromatic heterocycles. The van der Waals surface area contributed by atoms with Crippen LogP contribution in [0.25, 0.3) is 0 Å². The van der Waals surface area contributed by atoms with Crippen LogP contribution in [0.5, 0.6) is 0 Å². The van der Waals surface area contributed by atoms with Gasteiger partial charge in [0.15, 0.2) is 0 Å². The fraction of sp³-hybridized carbons (Fsp3) is 0.438. The molecule has 1 heterocycles. The summed E-state index contributed by atoms with van der Waals surface area (Å²) in [6.45, 7) is 6.18. The van der Waals surface area contributed by atoms with Crippen LogP contribution in [-0.4, -0.2) is 30.0 Å². The minimum atomic E-state index is 0.938. The molecule has 0 unspecified atom stereocenters. The third-order valence-corrected chi connectivity index (χ3v) is 4.07. The predicted molar refractivity (Wildman–Crippen MR) is 86.0 cm³/mol. The van der Waals surface area contributed by atoms with E-state index in [1.165, 1.54) is 16.9 Å². The van der Waals surface area contributed by atoms with Crippen LogP contribution in [0.4, 0.5) is 0 Å².